The first kappa shape index (κ1) is 20.7. The topological polar surface area (TPSA) is 78.5 Å². The Labute approximate surface area is 155 Å². The maximum Gasteiger partial charge on any atom is 0.416 e. The first-order valence-electron chi connectivity index (χ1n) is 8.64. The SMILES string of the molecule is CCC(CC)NC(=O)CN1C(=O)N[C@](C)(c2ccccc2C(F)(F)F)C1=O. The fourth-order valence-corrected chi connectivity index (χ4v) is 3.10. The zero-order chi connectivity index (χ0) is 20.4. The van der Waals surface area contributed by atoms with Gasteiger partial charge in [0.1, 0.15) is 12.1 Å². The maximum absolute atomic E-state index is 13.3. The van der Waals surface area contributed by atoms with Gasteiger partial charge in [-0.25, -0.2) is 4.79 Å². The molecule has 148 valence electrons. The standard InChI is InChI=1S/C18H22F3N3O3/c1-4-11(5-2)22-14(25)10-24-15(26)17(3,23-16(24)27)12-8-6-7-9-13(12)18(19,20)21/h6-9,11H,4-5,10H2,1-3H3,(H,22,25)(H,23,27)/t17-/m1/s1. The Morgan fingerprint density at radius 1 is 1.22 bits per heavy atom. The van der Waals surface area contributed by atoms with Crippen LogP contribution in [0, 0.1) is 0 Å². The van der Waals surface area contributed by atoms with Gasteiger partial charge in [0.2, 0.25) is 5.91 Å². The molecule has 2 N–H and O–H groups in total. The van der Waals surface area contributed by atoms with E-state index in [1.807, 2.05) is 13.8 Å². The van der Waals surface area contributed by atoms with Crippen LogP contribution >= 0.6 is 0 Å². The van der Waals surface area contributed by atoms with Crippen molar-refractivity contribution in [3.63, 3.8) is 0 Å². The summed E-state index contributed by atoms with van der Waals surface area (Å²) < 4.78 is 40.0. The molecule has 1 aromatic carbocycles. The van der Waals surface area contributed by atoms with Crippen molar-refractivity contribution in [2.45, 2.75) is 51.4 Å². The minimum Gasteiger partial charge on any atom is -0.352 e. The second-order valence-electron chi connectivity index (χ2n) is 6.57. The van der Waals surface area contributed by atoms with E-state index < -0.39 is 41.7 Å². The van der Waals surface area contributed by atoms with E-state index in [1.54, 1.807) is 0 Å². The smallest absolute Gasteiger partial charge is 0.352 e. The summed E-state index contributed by atoms with van der Waals surface area (Å²) in [5.41, 5.74) is -3.28. The average Bonchev–Trinajstić information content (AvgIpc) is 2.83. The molecular weight excluding hydrogens is 363 g/mol. The molecule has 6 nitrogen and oxygen atoms in total. The van der Waals surface area contributed by atoms with Gasteiger partial charge in [-0.15, -0.1) is 0 Å². The van der Waals surface area contributed by atoms with Gasteiger partial charge in [0.05, 0.1) is 5.56 Å². The lowest BCUT2D eigenvalue weighted by atomic mass is 9.87. The van der Waals surface area contributed by atoms with Gasteiger partial charge in [-0.3, -0.25) is 14.5 Å². The van der Waals surface area contributed by atoms with Gasteiger partial charge >= 0.3 is 12.2 Å². The molecule has 0 unspecified atom stereocenters. The van der Waals surface area contributed by atoms with Crippen molar-refractivity contribution in [3.05, 3.63) is 35.4 Å². The van der Waals surface area contributed by atoms with Gasteiger partial charge in [0, 0.05) is 6.04 Å². The van der Waals surface area contributed by atoms with Crippen molar-refractivity contribution < 1.29 is 27.6 Å². The second-order valence-corrected chi connectivity index (χ2v) is 6.57. The maximum atomic E-state index is 13.3. The molecule has 27 heavy (non-hydrogen) atoms. The number of amides is 4. The Morgan fingerprint density at radius 3 is 2.37 bits per heavy atom. The van der Waals surface area contributed by atoms with E-state index in [2.05, 4.69) is 10.6 Å². The van der Waals surface area contributed by atoms with E-state index >= 15 is 0 Å². The lowest BCUT2D eigenvalue weighted by Crippen LogP contribution is -2.45. The number of nitrogens with one attached hydrogen (secondary N) is 2. The highest BCUT2D eigenvalue weighted by molar-refractivity contribution is 6.09. The van der Waals surface area contributed by atoms with Gasteiger partial charge in [0.15, 0.2) is 0 Å². The fraction of sp³-hybridized carbons (Fsp3) is 0.500. The normalized spacial score (nSPS) is 20.2. The summed E-state index contributed by atoms with van der Waals surface area (Å²) in [6.45, 7) is 4.42. The second kappa shape index (κ2) is 7.58. The minimum atomic E-state index is -4.69. The lowest BCUT2D eigenvalue weighted by molar-refractivity contribution is -0.140. The summed E-state index contributed by atoms with van der Waals surface area (Å²) in [5.74, 6) is -1.44. The monoisotopic (exact) mass is 385 g/mol. The number of carbonyl (C=O) groups is 3. The van der Waals surface area contributed by atoms with Crippen LogP contribution in [0.15, 0.2) is 24.3 Å². The van der Waals surface area contributed by atoms with E-state index in [0.29, 0.717) is 17.7 Å². The molecule has 1 heterocycles. The molecular formula is C18H22F3N3O3. The third-order valence-electron chi connectivity index (χ3n) is 4.70. The number of rotatable bonds is 6. The Balaban J connectivity index is 2.29. The van der Waals surface area contributed by atoms with Gasteiger partial charge < -0.3 is 10.6 Å². The molecule has 0 aromatic heterocycles. The van der Waals surface area contributed by atoms with E-state index in [1.165, 1.54) is 19.1 Å². The molecule has 1 aromatic rings. The molecule has 1 atom stereocenters. The number of nitrogens with zero attached hydrogens (tertiary/aromatic N) is 1. The number of halogens is 3. The summed E-state index contributed by atoms with van der Waals surface area (Å²) in [7, 11) is 0. The number of benzene rings is 1. The Morgan fingerprint density at radius 2 is 1.81 bits per heavy atom. The molecule has 1 aliphatic rings. The zero-order valence-corrected chi connectivity index (χ0v) is 15.3. The van der Waals surface area contributed by atoms with Crippen LogP contribution in [0.5, 0.6) is 0 Å². The van der Waals surface area contributed by atoms with Crippen molar-refractivity contribution >= 4 is 17.8 Å². The summed E-state index contributed by atoms with van der Waals surface area (Å²) in [6, 6.07) is 3.56. The molecule has 0 spiro atoms. The zero-order valence-electron chi connectivity index (χ0n) is 15.3. The van der Waals surface area contributed by atoms with E-state index in [4.69, 9.17) is 0 Å². The van der Waals surface area contributed by atoms with Gasteiger partial charge in [-0.2, -0.15) is 13.2 Å². The molecule has 4 amide bonds. The molecule has 1 fully saturated rings. The van der Waals surface area contributed by atoms with Gasteiger partial charge in [-0.1, -0.05) is 32.0 Å². The third-order valence-corrected chi connectivity index (χ3v) is 4.70. The summed E-state index contributed by atoms with van der Waals surface area (Å²) in [4.78, 5) is 37.8. The van der Waals surface area contributed by atoms with E-state index in [0.717, 1.165) is 12.1 Å². The molecule has 0 bridgehead atoms. The van der Waals surface area contributed by atoms with Crippen LogP contribution < -0.4 is 10.6 Å². The number of imide groups is 1. The van der Waals surface area contributed by atoms with Crippen LogP contribution in [-0.4, -0.2) is 35.3 Å². The van der Waals surface area contributed by atoms with Crippen molar-refractivity contribution in [3.8, 4) is 0 Å². The summed E-state index contributed by atoms with van der Waals surface area (Å²) >= 11 is 0. The van der Waals surface area contributed by atoms with Gasteiger partial charge in [-0.05, 0) is 31.4 Å². The third kappa shape index (κ3) is 4.06. The summed E-state index contributed by atoms with van der Waals surface area (Å²) in [5, 5.41) is 5.00. The van der Waals surface area contributed by atoms with E-state index in [9.17, 15) is 27.6 Å². The van der Waals surface area contributed by atoms with Crippen LogP contribution in [0.25, 0.3) is 0 Å². The van der Waals surface area contributed by atoms with Gasteiger partial charge in [0.25, 0.3) is 5.91 Å². The fourth-order valence-electron chi connectivity index (χ4n) is 3.10. The molecule has 2 rings (SSSR count). The Bertz CT molecular complexity index is 747. The highest BCUT2D eigenvalue weighted by atomic mass is 19.4. The highest BCUT2D eigenvalue weighted by Crippen LogP contribution is 2.39. The Kier molecular flexibility index (Phi) is 5.82. The lowest BCUT2D eigenvalue weighted by Gasteiger charge is -2.26. The largest absolute Gasteiger partial charge is 0.416 e. The molecule has 9 heteroatoms. The minimum absolute atomic E-state index is 0.101. The highest BCUT2D eigenvalue weighted by Gasteiger charge is 2.52. The number of urea groups is 1. The van der Waals surface area contributed by atoms with Crippen molar-refractivity contribution in [2.75, 3.05) is 6.54 Å². The van der Waals surface area contributed by atoms with Crippen molar-refractivity contribution in [1.82, 2.24) is 15.5 Å². The summed E-state index contributed by atoms with van der Waals surface area (Å²) in [6.07, 6.45) is -3.33. The van der Waals surface area contributed by atoms with Crippen LogP contribution in [0.3, 0.4) is 0 Å². The molecule has 0 radical (unpaired) electrons. The molecule has 1 aliphatic heterocycles. The number of alkyl halides is 3. The van der Waals surface area contributed by atoms with Crippen LogP contribution in [0.1, 0.15) is 44.7 Å². The van der Waals surface area contributed by atoms with Crippen LogP contribution in [0.4, 0.5) is 18.0 Å². The quantitative estimate of drug-likeness (QED) is 0.739. The molecule has 1 saturated heterocycles. The number of hydrogen-bond donors (Lipinski definition) is 2. The van der Waals surface area contributed by atoms with Crippen molar-refractivity contribution in [1.29, 1.82) is 0 Å². The van der Waals surface area contributed by atoms with Crippen LogP contribution in [-0.2, 0) is 21.3 Å². The first-order valence-corrected chi connectivity index (χ1v) is 8.64. The Hall–Kier alpha value is -2.58. The average molecular weight is 385 g/mol. The van der Waals surface area contributed by atoms with E-state index in [-0.39, 0.29) is 11.6 Å². The number of hydrogen-bond acceptors (Lipinski definition) is 3. The first-order chi connectivity index (χ1) is 12.5. The van der Waals surface area contributed by atoms with Crippen molar-refractivity contribution in [2.24, 2.45) is 0 Å². The molecule has 0 aliphatic carbocycles. The number of carbonyl (C=O) groups excluding carboxylic acids is 3. The molecule has 0 saturated carbocycles. The predicted octanol–water partition coefficient (Wildman–Crippen LogP) is 2.78. The van der Waals surface area contributed by atoms with Crippen LogP contribution in [0.2, 0.25) is 0 Å². The predicted molar refractivity (Wildman–Crippen MR) is 91.6 cm³/mol.